The molecule has 1 unspecified atom stereocenters. The molecule has 0 radical (unpaired) electrons. The van der Waals surface area contributed by atoms with Gasteiger partial charge in [0.05, 0.1) is 12.0 Å². The molecule has 1 aliphatic heterocycles. The average molecular weight is 277 g/mol. The first-order chi connectivity index (χ1) is 9.46. The molecule has 1 aromatic rings. The van der Waals surface area contributed by atoms with Gasteiger partial charge in [0, 0.05) is 32.4 Å². The van der Waals surface area contributed by atoms with E-state index in [1.165, 1.54) is 0 Å². The first-order valence-electron chi connectivity index (χ1n) is 6.94. The molecule has 1 saturated heterocycles. The molecule has 6 nitrogen and oxygen atoms in total. The second kappa shape index (κ2) is 5.75. The van der Waals surface area contributed by atoms with Crippen LogP contribution in [-0.2, 0) is 11.3 Å². The summed E-state index contributed by atoms with van der Waals surface area (Å²) >= 11 is 0. The number of nitrogens with one attached hydrogen (secondary N) is 2. The van der Waals surface area contributed by atoms with Gasteiger partial charge in [-0.3, -0.25) is 9.69 Å². The normalized spacial score (nSPS) is 22.8. The van der Waals surface area contributed by atoms with Gasteiger partial charge >= 0.3 is 0 Å². The topological polar surface area (TPSA) is 70.2 Å². The van der Waals surface area contributed by atoms with Crippen LogP contribution < -0.4 is 10.6 Å². The van der Waals surface area contributed by atoms with Crippen LogP contribution in [0.1, 0.15) is 24.9 Å². The molecular formula is C14H23N5O. The van der Waals surface area contributed by atoms with Gasteiger partial charge < -0.3 is 10.6 Å². The summed E-state index contributed by atoms with van der Waals surface area (Å²) in [5.41, 5.74) is 0.650. The van der Waals surface area contributed by atoms with Crippen LogP contribution in [0.2, 0.25) is 0 Å². The molecule has 2 N–H and O–H groups in total. The van der Waals surface area contributed by atoms with Gasteiger partial charge in [0.2, 0.25) is 5.91 Å². The predicted molar refractivity (Wildman–Crippen MR) is 78.4 cm³/mol. The maximum atomic E-state index is 11.9. The Morgan fingerprint density at radius 2 is 2.20 bits per heavy atom. The zero-order chi connectivity index (χ0) is 14.8. The van der Waals surface area contributed by atoms with Crippen molar-refractivity contribution in [1.29, 1.82) is 0 Å². The average Bonchev–Trinajstić information content (AvgIpc) is 2.79. The number of anilines is 1. The Hall–Kier alpha value is -1.69. The monoisotopic (exact) mass is 277 g/mol. The summed E-state index contributed by atoms with van der Waals surface area (Å²) < 4.78 is 0. The summed E-state index contributed by atoms with van der Waals surface area (Å²) in [5, 5.41) is 5.80. The van der Waals surface area contributed by atoms with Gasteiger partial charge in [0.1, 0.15) is 11.6 Å². The largest absolute Gasteiger partial charge is 0.373 e. The van der Waals surface area contributed by atoms with E-state index in [9.17, 15) is 4.79 Å². The number of carbonyl (C=O) groups excluding carboxylic acids is 1. The van der Waals surface area contributed by atoms with Crippen molar-refractivity contribution in [3.05, 3.63) is 17.6 Å². The molecule has 0 aromatic carbocycles. The quantitative estimate of drug-likeness (QED) is 0.851. The van der Waals surface area contributed by atoms with Crippen molar-refractivity contribution in [2.24, 2.45) is 5.41 Å². The number of hydrogen-bond donors (Lipinski definition) is 2. The van der Waals surface area contributed by atoms with E-state index < -0.39 is 0 Å². The number of amides is 1. The highest BCUT2D eigenvalue weighted by atomic mass is 16.2. The van der Waals surface area contributed by atoms with Crippen molar-refractivity contribution < 1.29 is 4.79 Å². The minimum Gasteiger partial charge on any atom is -0.373 e. The lowest BCUT2D eigenvalue weighted by Crippen LogP contribution is -2.39. The molecular weight excluding hydrogens is 254 g/mol. The SMILES string of the molecule is CNC(=O)C1(C)CCN(Cc2nc(C)cc(NC)n2)C1. The molecule has 1 fully saturated rings. The van der Waals surface area contributed by atoms with E-state index >= 15 is 0 Å². The molecule has 110 valence electrons. The molecule has 20 heavy (non-hydrogen) atoms. The molecule has 0 spiro atoms. The predicted octanol–water partition coefficient (Wildman–Crippen LogP) is 0.785. The molecule has 2 heterocycles. The fourth-order valence-corrected chi connectivity index (χ4v) is 2.71. The van der Waals surface area contributed by atoms with Crippen molar-refractivity contribution in [3.63, 3.8) is 0 Å². The van der Waals surface area contributed by atoms with Gasteiger partial charge in [-0.25, -0.2) is 9.97 Å². The summed E-state index contributed by atoms with van der Waals surface area (Å²) in [6.07, 6.45) is 0.872. The standard InChI is InChI=1S/C14H23N5O/c1-10-7-11(15-3)18-12(17-10)8-19-6-5-14(2,9-19)13(20)16-4/h7H,5-6,8-9H2,1-4H3,(H,16,20)(H,15,17,18). The molecule has 6 heteroatoms. The third-order valence-corrected chi connectivity index (χ3v) is 3.85. The number of hydrogen-bond acceptors (Lipinski definition) is 5. The fourth-order valence-electron chi connectivity index (χ4n) is 2.71. The van der Waals surface area contributed by atoms with Crippen LogP contribution in [0.25, 0.3) is 0 Å². The highest BCUT2D eigenvalue weighted by Crippen LogP contribution is 2.30. The second-order valence-electron chi connectivity index (χ2n) is 5.66. The van der Waals surface area contributed by atoms with E-state index in [1.54, 1.807) is 7.05 Å². The van der Waals surface area contributed by atoms with E-state index in [-0.39, 0.29) is 11.3 Å². The summed E-state index contributed by atoms with van der Waals surface area (Å²) in [6, 6.07) is 1.92. The molecule has 0 saturated carbocycles. The summed E-state index contributed by atoms with van der Waals surface area (Å²) in [4.78, 5) is 23.1. The van der Waals surface area contributed by atoms with Gasteiger partial charge in [-0.15, -0.1) is 0 Å². The summed E-state index contributed by atoms with van der Waals surface area (Å²) in [6.45, 7) is 6.31. The van der Waals surface area contributed by atoms with Crippen LogP contribution in [0.15, 0.2) is 6.07 Å². The highest BCUT2D eigenvalue weighted by molar-refractivity contribution is 5.82. The molecule has 1 atom stereocenters. The maximum Gasteiger partial charge on any atom is 0.227 e. The third-order valence-electron chi connectivity index (χ3n) is 3.85. The van der Waals surface area contributed by atoms with Crippen LogP contribution in [0.3, 0.4) is 0 Å². The Kier molecular flexibility index (Phi) is 4.23. The minimum absolute atomic E-state index is 0.112. The summed E-state index contributed by atoms with van der Waals surface area (Å²) in [7, 11) is 3.54. The van der Waals surface area contributed by atoms with Crippen LogP contribution in [-0.4, -0.2) is 48.0 Å². The van der Waals surface area contributed by atoms with Gasteiger partial charge in [-0.2, -0.15) is 0 Å². The lowest BCUT2D eigenvalue weighted by molar-refractivity contribution is -0.129. The molecule has 0 bridgehead atoms. The number of likely N-dealkylation sites (tertiary alicyclic amines) is 1. The molecule has 0 aliphatic carbocycles. The molecule has 2 rings (SSSR count). The van der Waals surface area contributed by atoms with Gasteiger partial charge in [-0.05, 0) is 26.8 Å². The fraction of sp³-hybridized carbons (Fsp3) is 0.643. The second-order valence-corrected chi connectivity index (χ2v) is 5.66. The van der Waals surface area contributed by atoms with E-state index in [2.05, 4.69) is 25.5 Å². The van der Waals surface area contributed by atoms with Crippen LogP contribution in [0.5, 0.6) is 0 Å². The number of aryl methyl sites for hydroxylation is 1. The van der Waals surface area contributed by atoms with E-state index in [1.807, 2.05) is 27.0 Å². The van der Waals surface area contributed by atoms with Crippen molar-refractivity contribution >= 4 is 11.7 Å². The first-order valence-corrected chi connectivity index (χ1v) is 6.94. The first kappa shape index (κ1) is 14.7. The van der Waals surface area contributed by atoms with E-state index in [4.69, 9.17) is 0 Å². The Morgan fingerprint density at radius 3 is 2.85 bits per heavy atom. The zero-order valence-corrected chi connectivity index (χ0v) is 12.7. The van der Waals surface area contributed by atoms with Crippen molar-refractivity contribution in [2.75, 3.05) is 32.5 Å². The molecule has 1 aromatic heterocycles. The van der Waals surface area contributed by atoms with Crippen molar-refractivity contribution in [2.45, 2.75) is 26.8 Å². The molecule has 1 amide bonds. The zero-order valence-electron chi connectivity index (χ0n) is 12.7. The van der Waals surface area contributed by atoms with Gasteiger partial charge in [0.25, 0.3) is 0 Å². The Balaban J connectivity index is 2.05. The van der Waals surface area contributed by atoms with Crippen molar-refractivity contribution in [1.82, 2.24) is 20.2 Å². The number of nitrogens with zero attached hydrogens (tertiary/aromatic N) is 3. The third kappa shape index (κ3) is 3.07. The van der Waals surface area contributed by atoms with Crippen molar-refractivity contribution in [3.8, 4) is 0 Å². The minimum atomic E-state index is -0.301. The Labute approximate surface area is 120 Å². The number of carbonyl (C=O) groups is 1. The summed E-state index contributed by atoms with van der Waals surface area (Å²) in [5.74, 6) is 1.75. The Bertz CT molecular complexity index is 504. The maximum absolute atomic E-state index is 11.9. The lowest BCUT2D eigenvalue weighted by atomic mass is 9.89. The van der Waals surface area contributed by atoms with Gasteiger partial charge in [-0.1, -0.05) is 0 Å². The molecule has 1 aliphatic rings. The van der Waals surface area contributed by atoms with Gasteiger partial charge in [0.15, 0.2) is 0 Å². The Morgan fingerprint density at radius 1 is 1.45 bits per heavy atom. The smallest absolute Gasteiger partial charge is 0.227 e. The van der Waals surface area contributed by atoms with Crippen LogP contribution in [0, 0.1) is 12.3 Å². The van der Waals surface area contributed by atoms with Crippen LogP contribution >= 0.6 is 0 Å². The van der Waals surface area contributed by atoms with E-state index in [0.717, 1.165) is 36.8 Å². The number of rotatable bonds is 4. The highest BCUT2D eigenvalue weighted by Gasteiger charge is 2.39. The van der Waals surface area contributed by atoms with E-state index in [0.29, 0.717) is 6.54 Å². The lowest BCUT2D eigenvalue weighted by Gasteiger charge is -2.22. The number of aromatic nitrogens is 2. The van der Waals surface area contributed by atoms with Crippen LogP contribution in [0.4, 0.5) is 5.82 Å².